The molecule has 2 fully saturated rings. The van der Waals surface area contributed by atoms with Crippen LogP contribution in [0.25, 0.3) is 0 Å². The summed E-state index contributed by atoms with van der Waals surface area (Å²) < 4.78 is 39.9. The van der Waals surface area contributed by atoms with Gasteiger partial charge in [-0.05, 0) is 31.7 Å². The van der Waals surface area contributed by atoms with Crippen LogP contribution in [0.2, 0.25) is 0 Å². The number of aliphatic hydroxyl groups is 1. The summed E-state index contributed by atoms with van der Waals surface area (Å²) in [6, 6.07) is 1.55. The smallest absolute Gasteiger partial charge is 0.161 e. The molecule has 2 aliphatic heterocycles. The Morgan fingerprint density at radius 2 is 1.56 bits per heavy atom. The van der Waals surface area contributed by atoms with Crippen LogP contribution in [0.4, 0.5) is 13.2 Å². The van der Waals surface area contributed by atoms with Gasteiger partial charge in [0.1, 0.15) is 5.82 Å². The van der Waals surface area contributed by atoms with Gasteiger partial charge in [0.05, 0.1) is 5.60 Å². The van der Waals surface area contributed by atoms with Crippen molar-refractivity contribution in [3.8, 4) is 0 Å². The molecule has 1 aromatic rings. The molecule has 0 radical (unpaired) electrons. The Kier molecular flexibility index (Phi) is 2.64. The lowest BCUT2D eigenvalue weighted by Gasteiger charge is -2.37. The third-order valence-electron chi connectivity index (χ3n) is 4.01. The molecule has 2 saturated heterocycles. The largest absolute Gasteiger partial charge is 0.385 e. The van der Waals surface area contributed by atoms with Crippen molar-refractivity contribution >= 4 is 0 Å². The highest BCUT2D eigenvalue weighted by Gasteiger charge is 2.45. The van der Waals surface area contributed by atoms with E-state index in [4.69, 9.17) is 0 Å². The quantitative estimate of drug-likeness (QED) is 0.756. The summed E-state index contributed by atoms with van der Waals surface area (Å²) in [5.41, 5.74) is -1.52. The Labute approximate surface area is 103 Å². The molecule has 3 rings (SSSR count). The minimum atomic E-state index is -1.39. The van der Waals surface area contributed by atoms with Crippen molar-refractivity contribution in [1.82, 2.24) is 5.32 Å². The fourth-order valence-corrected chi connectivity index (χ4v) is 3.22. The zero-order valence-corrected chi connectivity index (χ0v) is 9.72. The van der Waals surface area contributed by atoms with Crippen LogP contribution in [0.3, 0.4) is 0 Å². The average molecular weight is 257 g/mol. The Bertz CT molecular complexity index is 479. The van der Waals surface area contributed by atoms with Gasteiger partial charge in [-0.1, -0.05) is 0 Å². The molecule has 18 heavy (non-hydrogen) atoms. The summed E-state index contributed by atoms with van der Waals surface area (Å²) in [5, 5.41) is 13.9. The van der Waals surface area contributed by atoms with E-state index in [2.05, 4.69) is 5.32 Å². The zero-order valence-electron chi connectivity index (χ0n) is 9.72. The van der Waals surface area contributed by atoms with Crippen LogP contribution in [-0.2, 0) is 5.60 Å². The first-order chi connectivity index (χ1) is 8.48. The van der Waals surface area contributed by atoms with Gasteiger partial charge in [-0.15, -0.1) is 0 Å². The monoisotopic (exact) mass is 257 g/mol. The molecular formula is C13H14F3NO. The molecule has 1 aromatic carbocycles. The van der Waals surface area contributed by atoms with Gasteiger partial charge in [-0.2, -0.15) is 0 Å². The minimum Gasteiger partial charge on any atom is -0.385 e. The van der Waals surface area contributed by atoms with E-state index < -0.39 is 23.1 Å². The molecule has 2 N–H and O–H groups in total. The number of benzene rings is 1. The van der Waals surface area contributed by atoms with Crippen molar-refractivity contribution < 1.29 is 18.3 Å². The Morgan fingerprint density at radius 3 is 2.17 bits per heavy atom. The fourth-order valence-electron chi connectivity index (χ4n) is 3.22. The van der Waals surface area contributed by atoms with Crippen LogP contribution in [0.5, 0.6) is 0 Å². The number of hydrogen-bond donors (Lipinski definition) is 2. The number of nitrogens with one attached hydrogen (secondary N) is 1. The summed E-state index contributed by atoms with van der Waals surface area (Å²) in [4.78, 5) is 0. The molecule has 0 spiro atoms. The molecule has 0 aliphatic carbocycles. The Hall–Kier alpha value is -1.07. The topological polar surface area (TPSA) is 32.3 Å². The highest BCUT2D eigenvalue weighted by Crippen LogP contribution is 2.41. The second-order valence-electron chi connectivity index (χ2n) is 5.32. The van der Waals surface area contributed by atoms with Gasteiger partial charge in [-0.25, -0.2) is 13.2 Å². The van der Waals surface area contributed by atoms with Crippen LogP contribution in [0, 0.1) is 17.5 Å². The molecule has 2 unspecified atom stereocenters. The van der Waals surface area contributed by atoms with E-state index >= 15 is 0 Å². The standard InChI is InChI=1S/C13H14F3NO/c14-10-4-12(16)11(15)3-9(10)13(18)5-7-1-2-8(6-13)17-7/h3-4,7-8,17-18H,1-2,5-6H2. The van der Waals surface area contributed by atoms with E-state index in [1.807, 2.05) is 0 Å². The van der Waals surface area contributed by atoms with Gasteiger partial charge in [-0.3, -0.25) is 0 Å². The van der Waals surface area contributed by atoms with Crippen LogP contribution in [0.1, 0.15) is 31.2 Å². The lowest BCUT2D eigenvalue weighted by Crippen LogP contribution is -2.47. The van der Waals surface area contributed by atoms with Gasteiger partial charge in [0.15, 0.2) is 11.6 Å². The van der Waals surface area contributed by atoms with Crippen LogP contribution < -0.4 is 5.32 Å². The van der Waals surface area contributed by atoms with Gasteiger partial charge >= 0.3 is 0 Å². The lowest BCUT2D eigenvalue weighted by molar-refractivity contribution is -0.0147. The molecule has 2 nitrogen and oxygen atoms in total. The van der Waals surface area contributed by atoms with E-state index in [-0.39, 0.29) is 17.6 Å². The van der Waals surface area contributed by atoms with Gasteiger partial charge in [0.2, 0.25) is 0 Å². The van der Waals surface area contributed by atoms with Gasteiger partial charge in [0.25, 0.3) is 0 Å². The van der Waals surface area contributed by atoms with Gasteiger partial charge in [0, 0.05) is 23.7 Å². The van der Waals surface area contributed by atoms with E-state index in [0.29, 0.717) is 18.9 Å². The number of piperidine rings is 1. The van der Waals surface area contributed by atoms with Gasteiger partial charge < -0.3 is 10.4 Å². The molecule has 2 bridgehead atoms. The summed E-state index contributed by atoms with van der Waals surface area (Å²) in [7, 11) is 0. The predicted octanol–water partition coefficient (Wildman–Crippen LogP) is 2.21. The maximum Gasteiger partial charge on any atom is 0.161 e. The average Bonchev–Trinajstić information content (AvgIpc) is 2.64. The summed E-state index contributed by atoms with van der Waals surface area (Å²) in [5.74, 6) is -3.22. The van der Waals surface area contributed by atoms with Crippen molar-refractivity contribution in [3.63, 3.8) is 0 Å². The number of rotatable bonds is 1. The highest BCUT2D eigenvalue weighted by molar-refractivity contribution is 5.28. The number of fused-ring (bicyclic) bond motifs is 2. The van der Waals surface area contributed by atoms with Crippen LogP contribution in [-0.4, -0.2) is 17.2 Å². The molecule has 0 amide bonds. The summed E-state index contributed by atoms with van der Waals surface area (Å²) in [6.45, 7) is 0. The van der Waals surface area contributed by atoms with E-state index in [9.17, 15) is 18.3 Å². The molecule has 5 heteroatoms. The summed E-state index contributed by atoms with van der Waals surface area (Å²) >= 11 is 0. The van der Waals surface area contributed by atoms with Crippen molar-refractivity contribution in [2.24, 2.45) is 0 Å². The van der Waals surface area contributed by atoms with Crippen molar-refractivity contribution in [2.75, 3.05) is 0 Å². The molecule has 2 atom stereocenters. The van der Waals surface area contributed by atoms with Crippen molar-refractivity contribution in [2.45, 2.75) is 43.4 Å². The molecule has 0 aromatic heterocycles. The number of halogens is 3. The maximum absolute atomic E-state index is 13.7. The summed E-state index contributed by atoms with van der Waals surface area (Å²) in [6.07, 6.45) is 2.54. The highest BCUT2D eigenvalue weighted by atomic mass is 19.2. The first-order valence-electron chi connectivity index (χ1n) is 6.11. The second kappa shape index (κ2) is 3.96. The number of hydrogen-bond acceptors (Lipinski definition) is 2. The second-order valence-corrected chi connectivity index (χ2v) is 5.32. The minimum absolute atomic E-state index is 0.125. The molecular weight excluding hydrogens is 243 g/mol. The van der Waals surface area contributed by atoms with Crippen molar-refractivity contribution in [3.05, 3.63) is 35.1 Å². The Morgan fingerprint density at radius 1 is 1.00 bits per heavy atom. The van der Waals surface area contributed by atoms with Crippen molar-refractivity contribution in [1.29, 1.82) is 0 Å². The fraction of sp³-hybridized carbons (Fsp3) is 0.538. The lowest BCUT2D eigenvalue weighted by atomic mass is 9.81. The first kappa shape index (κ1) is 12.0. The first-order valence-corrected chi connectivity index (χ1v) is 6.11. The SMILES string of the molecule is OC1(c2cc(F)c(F)cc2F)CC2CCC(C1)N2. The zero-order chi connectivity index (χ0) is 12.9. The van der Waals surface area contributed by atoms with E-state index in [1.165, 1.54) is 0 Å². The molecule has 98 valence electrons. The maximum atomic E-state index is 13.7. The van der Waals surface area contributed by atoms with Crippen LogP contribution >= 0.6 is 0 Å². The predicted molar refractivity (Wildman–Crippen MR) is 59.4 cm³/mol. The van der Waals surface area contributed by atoms with E-state index in [0.717, 1.165) is 18.9 Å². The normalized spacial score (nSPS) is 34.9. The molecule has 2 aliphatic rings. The van der Waals surface area contributed by atoms with E-state index in [1.54, 1.807) is 0 Å². The Balaban J connectivity index is 2.01. The third-order valence-corrected chi connectivity index (χ3v) is 4.01. The van der Waals surface area contributed by atoms with Crippen LogP contribution in [0.15, 0.2) is 12.1 Å². The molecule has 0 saturated carbocycles. The third kappa shape index (κ3) is 1.82. The molecule has 2 heterocycles.